The van der Waals surface area contributed by atoms with E-state index in [9.17, 15) is 0 Å². The Hall–Kier alpha value is -2.42. The maximum absolute atomic E-state index is 8.16. The zero-order valence-electron chi connectivity index (χ0n) is 7.33. The van der Waals surface area contributed by atoms with E-state index in [2.05, 4.69) is 20.4 Å². The van der Waals surface area contributed by atoms with Crippen LogP contribution in [0.15, 0.2) is 36.5 Å². The minimum absolute atomic E-state index is 0.426. The van der Waals surface area contributed by atoms with E-state index in [-0.39, 0.29) is 0 Å². The predicted molar refractivity (Wildman–Crippen MR) is 52.0 cm³/mol. The molecule has 0 aliphatic heterocycles. The molecule has 0 atom stereocenters. The van der Waals surface area contributed by atoms with Crippen molar-refractivity contribution in [2.45, 2.75) is 0 Å². The topological polar surface area (TPSA) is 95.7 Å². The quantitative estimate of drug-likeness (QED) is 0.614. The number of anilines is 1. The molecule has 0 aliphatic carbocycles. The second-order valence-corrected chi connectivity index (χ2v) is 2.33. The molecule has 0 amide bonds. The highest BCUT2D eigenvalue weighted by Gasteiger charge is 1.95. The van der Waals surface area contributed by atoms with E-state index in [0.717, 1.165) is 0 Å². The van der Waals surface area contributed by atoms with Gasteiger partial charge in [0.15, 0.2) is 10.8 Å². The van der Waals surface area contributed by atoms with Gasteiger partial charge in [-0.25, -0.2) is 0 Å². The van der Waals surface area contributed by atoms with Crippen LogP contribution in [0.1, 0.15) is 0 Å². The Kier molecular flexibility index (Phi) is 3.64. The van der Waals surface area contributed by atoms with Crippen LogP contribution in [0.4, 0.5) is 11.5 Å². The largest absolute Gasteiger partial charge is 0.385 e. The summed E-state index contributed by atoms with van der Waals surface area (Å²) in [5, 5.41) is 17.3. The summed E-state index contributed by atoms with van der Waals surface area (Å²) in [5.41, 5.74) is 5.66. The number of hydrogen-bond donors (Lipinski definition) is 2. The summed E-state index contributed by atoms with van der Waals surface area (Å²) in [6.45, 7) is 0. The first-order valence-electron chi connectivity index (χ1n) is 3.85. The maximum Gasteiger partial charge on any atom is 0.385 e. The molecule has 1 heterocycles. The second kappa shape index (κ2) is 5.27. The minimum atomic E-state index is 0.426. The van der Waals surface area contributed by atoms with Gasteiger partial charge in [0.1, 0.15) is 0 Å². The zero-order chi connectivity index (χ0) is 10.2. The third kappa shape index (κ3) is 3.32. The predicted octanol–water partition coefficient (Wildman–Crippen LogP) is 1.56. The van der Waals surface area contributed by atoms with Crippen molar-refractivity contribution in [2.75, 3.05) is 5.73 Å². The molecule has 2 aromatic rings. The summed E-state index contributed by atoms with van der Waals surface area (Å²) in [7, 11) is 0. The van der Waals surface area contributed by atoms with E-state index < -0.39 is 0 Å². The molecule has 0 fully saturated rings. The van der Waals surface area contributed by atoms with E-state index in [1.807, 2.05) is 18.2 Å². The number of diazo groups is 1. The highest BCUT2D eigenvalue weighted by Crippen LogP contribution is 2.07. The molecule has 70 valence electrons. The van der Waals surface area contributed by atoms with Crippen molar-refractivity contribution in [2.24, 2.45) is 0 Å². The Morgan fingerprint density at radius 1 is 1.29 bits per heavy atom. The van der Waals surface area contributed by atoms with Crippen LogP contribution in [0, 0.1) is 5.39 Å². The fourth-order valence-corrected chi connectivity index (χ4v) is 0.705. The average Bonchev–Trinajstić information content (AvgIpc) is 2.71. The first-order chi connectivity index (χ1) is 6.83. The molecule has 0 spiro atoms. The van der Waals surface area contributed by atoms with Crippen LogP contribution in [0.2, 0.25) is 0 Å². The van der Waals surface area contributed by atoms with Crippen LogP contribution in [-0.2, 0) is 0 Å². The molecule has 1 aromatic carbocycles. The SMILES string of the molecule is N#[N+]c1ccccc1.Nc1c[nH]nn1. The molecule has 0 aliphatic rings. The summed E-state index contributed by atoms with van der Waals surface area (Å²) < 4.78 is 0. The van der Waals surface area contributed by atoms with Gasteiger partial charge < -0.3 is 5.73 Å². The summed E-state index contributed by atoms with van der Waals surface area (Å²) >= 11 is 0. The van der Waals surface area contributed by atoms with Gasteiger partial charge in [-0.2, -0.15) is 0 Å². The second-order valence-electron chi connectivity index (χ2n) is 2.33. The maximum atomic E-state index is 8.16. The number of rotatable bonds is 0. The Morgan fingerprint density at radius 3 is 2.29 bits per heavy atom. The van der Waals surface area contributed by atoms with Crippen molar-refractivity contribution >= 4 is 11.5 Å². The Balaban J connectivity index is 0.000000146. The van der Waals surface area contributed by atoms with Gasteiger partial charge in [-0.3, -0.25) is 5.10 Å². The van der Waals surface area contributed by atoms with Crippen molar-refractivity contribution in [1.29, 1.82) is 5.39 Å². The number of aromatic amines is 1. The molecule has 14 heavy (non-hydrogen) atoms. The summed E-state index contributed by atoms with van der Waals surface area (Å²) in [5.74, 6) is 0.426. The van der Waals surface area contributed by atoms with Crippen molar-refractivity contribution in [1.82, 2.24) is 15.4 Å². The molecule has 6 heteroatoms. The van der Waals surface area contributed by atoms with Crippen molar-refractivity contribution < 1.29 is 0 Å². The summed E-state index contributed by atoms with van der Waals surface area (Å²) in [6.07, 6.45) is 1.51. The number of aromatic nitrogens is 3. The Labute approximate surface area is 80.4 Å². The molecular formula is C8H9N6+. The number of nitrogens with one attached hydrogen (secondary N) is 1. The lowest BCUT2D eigenvalue weighted by atomic mass is 10.3. The van der Waals surface area contributed by atoms with E-state index in [0.29, 0.717) is 11.5 Å². The lowest BCUT2D eigenvalue weighted by Crippen LogP contribution is -1.81. The Bertz CT molecular complexity index is 388. The van der Waals surface area contributed by atoms with Gasteiger partial charge in [-0.1, -0.05) is 23.4 Å². The third-order valence-corrected chi connectivity index (χ3v) is 1.31. The highest BCUT2D eigenvalue weighted by molar-refractivity contribution is 5.42. The molecule has 6 nitrogen and oxygen atoms in total. The van der Waals surface area contributed by atoms with E-state index in [1.54, 1.807) is 12.1 Å². The number of nitrogens with zero attached hydrogens (tertiary/aromatic N) is 4. The number of H-pyrrole nitrogens is 1. The first-order valence-corrected chi connectivity index (χ1v) is 3.85. The Morgan fingerprint density at radius 2 is 2.00 bits per heavy atom. The normalized spacial score (nSPS) is 8.21. The van der Waals surface area contributed by atoms with Crippen LogP contribution in [-0.4, -0.2) is 15.4 Å². The van der Waals surface area contributed by atoms with Crippen molar-refractivity contribution in [3.05, 3.63) is 41.5 Å². The van der Waals surface area contributed by atoms with Crippen LogP contribution < -0.4 is 5.73 Å². The summed E-state index contributed by atoms with van der Waals surface area (Å²) in [4.78, 5) is 2.97. The molecule has 0 saturated heterocycles. The standard InChI is InChI=1S/C6H5N2.C2H4N4/c7-8-6-4-2-1-3-5-6;3-2-1-4-6-5-2/h1-5H;1H,(H3,3,4,5,6)/q+1;. The molecule has 0 unspecified atom stereocenters. The smallest absolute Gasteiger partial charge is 0.381 e. The van der Waals surface area contributed by atoms with Crippen molar-refractivity contribution in [3.63, 3.8) is 0 Å². The first kappa shape index (κ1) is 9.67. The van der Waals surface area contributed by atoms with Crippen LogP contribution >= 0.6 is 0 Å². The van der Waals surface area contributed by atoms with Gasteiger partial charge >= 0.3 is 5.69 Å². The molecule has 1 aromatic heterocycles. The van der Waals surface area contributed by atoms with Crippen molar-refractivity contribution in [3.8, 4) is 0 Å². The molecule has 0 bridgehead atoms. The summed E-state index contributed by atoms with van der Waals surface area (Å²) in [6, 6.07) is 8.94. The van der Waals surface area contributed by atoms with Gasteiger partial charge in [0.05, 0.1) is 6.20 Å². The van der Waals surface area contributed by atoms with Crippen LogP contribution in [0.25, 0.3) is 4.98 Å². The number of benzene rings is 1. The average molecular weight is 189 g/mol. The number of nitrogens with two attached hydrogens (primary N) is 1. The van der Waals surface area contributed by atoms with E-state index in [4.69, 9.17) is 11.1 Å². The minimum Gasteiger partial charge on any atom is -0.381 e. The van der Waals surface area contributed by atoms with Gasteiger partial charge in [0, 0.05) is 12.1 Å². The number of hydrogen-bond acceptors (Lipinski definition) is 4. The van der Waals surface area contributed by atoms with Gasteiger partial charge in [-0.15, -0.1) is 5.10 Å². The third-order valence-electron chi connectivity index (χ3n) is 1.31. The molecule has 2 rings (SSSR count). The molecular weight excluding hydrogens is 180 g/mol. The van der Waals surface area contributed by atoms with Crippen LogP contribution in [0.5, 0.6) is 0 Å². The monoisotopic (exact) mass is 189 g/mol. The van der Waals surface area contributed by atoms with E-state index in [1.165, 1.54) is 6.20 Å². The lowest BCUT2D eigenvalue weighted by Gasteiger charge is -1.69. The molecule has 0 radical (unpaired) electrons. The number of nitrogen functional groups attached to an aromatic ring is 1. The molecule has 3 N–H and O–H groups in total. The van der Waals surface area contributed by atoms with Gasteiger partial charge in [0.25, 0.3) is 0 Å². The fraction of sp³-hybridized carbons (Fsp3) is 0. The van der Waals surface area contributed by atoms with Crippen LogP contribution in [0.3, 0.4) is 0 Å². The zero-order valence-corrected chi connectivity index (χ0v) is 7.33. The van der Waals surface area contributed by atoms with E-state index >= 15 is 0 Å². The highest BCUT2D eigenvalue weighted by atomic mass is 15.3. The fourth-order valence-electron chi connectivity index (χ4n) is 0.705. The molecule has 0 saturated carbocycles. The van der Waals surface area contributed by atoms with Gasteiger partial charge in [0.2, 0.25) is 5.39 Å². The van der Waals surface area contributed by atoms with Gasteiger partial charge in [-0.05, 0) is 0 Å². The lowest BCUT2D eigenvalue weighted by molar-refractivity contribution is 0.943.